The van der Waals surface area contributed by atoms with E-state index < -0.39 is 5.60 Å². The fourth-order valence-electron chi connectivity index (χ4n) is 1.75. The van der Waals surface area contributed by atoms with Crippen LogP contribution in [0.15, 0.2) is 28.8 Å². The van der Waals surface area contributed by atoms with Crippen LogP contribution in [-0.2, 0) is 16.9 Å². The zero-order valence-electron chi connectivity index (χ0n) is 11.9. The van der Waals surface area contributed by atoms with Gasteiger partial charge in [0.2, 0.25) is 11.7 Å². The van der Waals surface area contributed by atoms with Gasteiger partial charge in [-0.25, -0.2) is 0 Å². The number of ether oxygens (including phenoxy) is 1. The Kier molecular flexibility index (Phi) is 4.24. The SMILES string of the molecule is CCOC(C)(C)c1noc(CNc2ccc(O)cc2)n1. The second-order valence-corrected chi connectivity index (χ2v) is 4.86. The molecule has 0 atom stereocenters. The lowest BCUT2D eigenvalue weighted by Crippen LogP contribution is -2.23. The van der Waals surface area contributed by atoms with E-state index in [2.05, 4.69) is 15.5 Å². The normalized spacial score (nSPS) is 11.6. The molecule has 2 rings (SSSR count). The zero-order valence-corrected chi connectivity index (χ0v) is 11.9. The van der Waals surface area contributed by atoms with Crippen LogP contribution in [0.1, 0.15) is 32.5 Å². The average Bonchev–Trinajstić information content (AvgIpc) is 2.88. The highest BCUT2D eigenvalue weighted by atomic mass is 16.5. The molecule has 1 heterocycles. The fraction of sp³-hybridized carbons (Fsp3) is 0.429. The van der Waals surface area contributed by atoms with Crippen molar-refractivity contribution in [1.82, 2.24) is 10.1 Å². The number of hydrogen-bond donors (Lipinski definition) is 2. The summed E-state index contributed by atoms with van der Waals surface area (Å²) in [4.78, 5) is 4.32. The number of phenolic OH excluding ortho intramolecular Hbond substituents is 1. The third kappa shape index (κ3) is 3.48. The predicted molar refractivity (Wildman–Crippen MR) is 74.4 cm³/mol. The van der Waals surface area contributed by atoms with Gasteiger partial charge in [0, 0.05) is 12.3 Å². The lowest BCUT2D eigenvalue weighted by atomic mass is 10.1. The molecule has 6 nitrogen and oxygen atoms in total. The summed E-state index contributed by atoms with van der Waals surface area (Å²) in [5.41, 5.74) is 0.307. The molecule has 1 aromatic heterocycles. The number of hydrogen-bond acceptors (Lipinski definition) is 6. The average molecular weight is 277 g/mol. The van der Waals surface area contributed by atoms with Gasteiger partial charge in [-0.15, -0.1) is 0 Å². The Morgan fingerprint density at radius 2 is 2.00 bits per heavy atom. The van der Waals surface area contributed by atoms with E-state index in [4.69, 9.17) is 9.26 Å². The van der Waals surface area contributed by atoms with Gasteiger partial charge < -0.3 is 19.7 Å². The third-order valence-corrected chi connectivity index (χ3v) is 2.82. The Hall–Kier alpha value is -2.08. The zero-order chi connectivity index (χ0) is 14.6. The third-order valence-electron chi connectivity index (χ3n) is 2.82. The molecule has 0 saturated carbocycles. The maximum absolute atomic E-state index is 9.20. The van der Waals surface area contributed by atoms with Crippen molar-refractivity contribution in [2.45, 2.75) is 32.9 Å². The van der Waals surface area contributed by atoms with Crippen molar-refractivity contribution in [3.8, 4) is 5.75 Å². The van der Waals surface area contributed by atoms with Crippen molar-refractivity contribution in [3.63, 3.8) is 0 Å². The standard InChI is InChI=1S/C14H19N3O3/c1-4-19-14(2,3)13-16-12(20-17-13)9-15-10-5-7-11(18)8-6-10/h5-8,15,18H,4,9H2,1-3H3. The van der Waals surface area contributed by atoms with E-state index in [1.54, 1.807) is 24.3 Å². The molecule has 0 saturated heterocycles. The second-order valence-electron chi connectivity index (χ2n) is 4.86. The number of nitrogens with one attached hydrogen (secondary N) is 1. The minimum absolute atomic E-state index is 0.231. The van der Waals surface area contributed by atoms with Gasteiger partial charge in [-0.05, 0) is 45.0 Å². The minimum Gasteiger partial charge on any atom is -0.508 e. The summed E-state index contributed by atoms with van der Waals surface area (Å²) in [5, 5.41) is 16.3. The Balaban J connectivity index is 1.97. The molecule has 2 aromatic rings. The van der Waals surface area contributed by atoms with E-state index in [9.17, 15) is 5.11 Å². The summed E-state index contributed by atoms with van der Waals surface area (Å²) in [6, 6.07) is 6.77. The molecule has 0 amide bonds. The highest BCUT2D eigenvalue weighted by Gasteiger charge is 2.26. The van der Waals surface area contributed by atoms with Crippen molar-refractivity contribution in [2.24, 2.45) is 0 Å². The number of benzene rings is 1. The van der Waals surface area contributed by atoms with Crippen molar-refractivity contribution in [1.29, 1.82) is 0 Å². The smallest absolute Gasteiger partial charge is 0.246 e. The second kappa shape index (κ2) is 5.92. The first-order chi connectivity index (χ1) is 9.51. The molecule has 0 spiro atoms. The van der Waals surface area contributed by atoms with Crippen LogP contribution in [0, 0.1) is 0 Å². The van der Waals surface area contributed by atoms with Gasteiger partial charge in [-0.2, -0.15) is 4.98 Å². The van der Waals surface area contributed by atoms with E-state index in [1.807, 2.05) is 20.8 Å². The van der Waals surface area contributed by atoms with Crippen LogP contribution in [-0.4, -0.2) is 21.9 Å². The van der Waals surface area contributed by atoms with Crippen LogP contribution in [0.5, 0.6) is 5.75 Å². The molecule has 2 N–H and O–H groups in total. The summed E-state index contributed by atoms with van der Waals surface area (Å²) >= 11 is 0. The number of rotatable bonds is 6. The summed E-state index contributed by atoms with van der Waals surface area (Å²) in [5.74, 6) is 1.25. The number of phenols is 1. The van der Waals surface area contributed by atoms with Crippen molar-refractivity contribution in [2.75, 3.05) is 11.9 Å². The highest BCUT2D eigenvalue weighted by molar-refractivity contribution is 5.45. The molecule has 1 aromatic carbocycles. The van der Waals surface area contributed by atoms with E-state index in [0.29, 0.717) is 24.9 Å². The maximum atomic E-state index is 9.20. The number of aromatic nitrogens is 2. The number of nitrogens with zero attached hydrogens (tertiary/aromatic N) is 2. The van der Waals surface area contributed by atoms with Gasteiger partial charge in [0.25, 0.3) is 0 Å². The summed E-state index contributed by atoms with van der Waals surface area (Å²) < 4.78 is 10.8. The topological polar surface area (TPSA) is 80.4 Å². The quantitative estimate of drug-likeness (QED) is 0.790. The first kappa shape index (κ1) is 14.3. The van der Waals surface area contributed by atoms with Gasteiger partial charge in [0.05, 0.1) is 6.54 Å². The van der Waals surface area contributed by atoms with E-state index in [-0.39, 0.29) is 5.75 Å². The molecule has 0 radical (unpaired) electrons. The Morgan fingerprint density at radius 3 is 2.65 bits per heavy atom. The molecule has 0 fully saturated rings. The Morgan fingerprint density at radius 1 is 1.30 bits per heavy atom. The van der Waals surface area contributed by atoms with E-state index >= 15 is 0 Å². The number of aromatic hydroxyl groups is 1. The lowest BCUT2D eigenvalue weighted by molar-refractivity contribution is -0.0221. The first-order valence-electron chi connectivity index (χ1n) is 6.51. The van der Waals surface area contributed by atoms with Crippen LogP contribution in [0.25, 0.3) is 0 Å². The molecule has 0 aliphatic rings. The number of anilines is 1. The van der Waals surface area contributed by atoms with Crippen LogP contribution < -0.4 is 5.32 Å². The van der Waals surface area contributed by atoms with Crippen molar-refractivity contribution >= 4 is 5.69 Å². The van der Waals surface area contributed by atoms with Crippen LogP contribution in [0.2, 0.25) is 0 Å². The van der Waals surface area contributed by atoms with E-state index in [0.717, 1.165) is 5.69 Å². The summed E-state index contributed by atoms with van der Waals surface area (Å²) in [6.07, 6.45) is 0. The predicted octanol–water partition coefficient (Wildman–Crippen LogP) is 2.66. The van der Waals surface area contributed by atoms with Gasteiger partial charge >= 0.3 is 0 Å². The van der Waals surface area contributed by atoms with Crippen molar-refractivity contribution < 1.29 is 14.4 Å². The molecular formula is C14H19N3O3. The molecule has 0 aliphatic carbocycles. The fourth-order valence-corrected chi connectivity index (χ4v) is 1.75. The molecule has 6 heteroatoms. The minimum atomic E-state index is -0.560. The largest absolute Gasteiger partial charge is 0.508 e. The molecule has 20 heavy (non-hydrogen) atoms. The molecule has 0 bridgehead atoms. The molecular weight excluding hydrogens is 258 g/mol. The lowest BCUT2D eigenvalue weighted by Gasteiger charge is -2.19. The van der Waals surface area contributed by atoms with Gasteiger partial charge in [-0.1, -0.05) is 5.16 Å². The molecule has 0 unspecified atom stereocenters. The van der Waals surface area contributed by atoms with Gasteiger partial charge in [0.1, 0.15) is 11.4 Å². The monoisotopic (exact) mass is 277 g/mol. The first-order valence-corrected chi connectivity index (χ1v) is 6.51. The van der Waals surface area contributed by atoms with Crippen LogP contribution in [0.3, 0.4) is 0 Å². The summed E-state index contributed by atoms with van der Waals surface area (Å²) in [6.45, 7) is 6.73. The molecule has 108 valence electrons. The summed E-state index contributed by atoms with van der Waals surface area (Å²) in [7, 11) is 0. The highest BCUT2D eigenvalue weighted by Crippen LogP contribution is 2.21. The van der Waals surface area contributed by atoms with E-state index in [1.165, 1.54) is 0 Å². The molecule has 0 aliphatic heterocycles. The van der Waals surface area contributed by atoms with Gasteiger partial charge in [0.15, 0.2) is 0 Å². The van der Waals surface area contributed by atoms with Gasteiger partial charge in [-0.3, -0.25) is 0 Å². The van der Waals surface area contributed by atoms with Crippen molar-refractivity contribution in [3.05, 3.63) is 36.0 Å². The maximum Gasteiger partial charge on any atom is 0.246 e. The van der Waals surface area contributed by atoms with Crippen LogP contribution >= 0.6 is 0 Å². The Labute approximate surface area is 117 Å². The Bertz CT molecular complexity index is 549. The van der Waals surface area contributed by atoms with Crippen LogP contribution in [0.4, 0.5) is 5.69 Å².